The molecular weight excluding hydrogens is 316 g/mol. The third kappa shape index (κ3) is 2.87. The molecule has 1 aromatic carbocycles. The number of hydrogen-bond acceptors (Lipinski definition) is 4. The highest BCUT2D eigenvalue weighted by molar-refractivity contribution is 6.07. The maximum atomic E-state index is 12.2. The lowest BCUT2D eigenvalue weighted by Gasteiger charge is -2.39. The van der Waals surface area contributed by atoms with Gasteiger partial charge in [-0.2, -0.15) is 0 Å². The van der Waals surface area contributed by atoms with Gasteiger partial charge in [0.2, 0.25) is 0 Å². The first-order valence-electron chi connectivity index (χ1n) is 8.75. The van der Waals surface area contributed by atoms with Crippen molar-refractivity contribution in [1.29, 1.82) is 0 Å². The molecule has 0 aliphatic carbocycles. The first kappa shape index (κ1) is 16.0. The maximum absolute atomic E-state index is 12.2. The number of amides is 3. The molecule has 0 spiro atoms. The Morgan fingerprint density at radius 2 is 2.12 bits per heavy atom. The molecular formula is C19H22N4O2. The van der Waals surface area contributed by atoms with Crippen LogP contribution in [0.4, 0.5) is 4.79 Å². The van der Waals surface area contributed by atoms with Gasteiger partial charge in [-0.05, 0) is 37.9 Å². The van der Waals surface area contributed by atoms with E-state index in [4.69, 9.17) is 0 Å². The Labute approximate surface area is 146 Å². The summed E-state index contributed by atoms with van der Waals surface area (Å²) in [6.45, 7) is 4.41. The number of carbonyl (C=O) groups is 2. The lowest BCUT2D eigenvalue weighted by Crippen LogP contribution is -2.55. The molecule has 2 fully saturated rings. The third-order valence-corrected chi connectivity index (χ3v) is 5.50. The fourth-order valence-electron chi connectivity index (χ4n) is 4.05. The largest absolute Gasteiger partial charge is 0.323 e. The Kier molecular flexibility index (Phi) is 3.92. The number of hydrogen-bond donors (Lipinski definition) is 2. The Morgan fingerprint density at radius 1 is 1.28 bits per heavy atom. The first-order chi connectivity index (χ1) is 12.1. The zero-order valence-corrected chi connectivity index (χ0v) is 14.3. The van der Waals surface area contributed by atoms with E-state index in [2.05, 4.69) is 44.8 Å². The van der Waals surface area contributed by atoms with E-state index in [0.29, 0.717) is 0 Å². The number of nitrogens with zero attached hydrogens (tertiary/aromatic N) is 2. The van der Waals surface area contributed by atoms with Gasteiger partial charge in [0.25, 0.3) is 5.91 Å². The molecule has 0 bridgehead atoms. The van der Waals surface area contributed by atoms with Gasteiger partial charge < -0.3 is 5.32 Å². The van der Waals surface area contributed by atoms with Crippen LogP contribution in [0.3, 0.4) is 0 Å². The van der Waals surface area contributed by atoms with Crippen molar-refractivity contribution >= 4 is 22.8 Å². The second-order valence-corrected chi connectivity index (χ2v) is 7.18. The van der Waals surface area contributed by atoms with Crippen molar-refractivity contribution in [3.05, 3.63) is 42.1 Å². The number of rotatable bonds is 3. The number of likely N-dealkylation sites (tertiary alicyclic amines) is 1. The summed E-state index contributed by atoms with van der Waals surface area (Å²) in [5.74, 6) is -0.105. The molecule has 0 radical (unpaired) electrons. The number of nitrogens with one attached hydrogen (secondary N) is 2. The van der Waals surface area contributed by atoms with Crippen LogP contribution in [0.2, 0.25) is 0 Å². The van der Waals surface area contributed by atoms with Gasteiger partial charge in [0.1, 0.15) is 5.54 Å². The van der Waals surface area contributed by atoms with E-state index < -0.39 is 5.54 Å². The minimum atomic E-state index is -0.813. The van der Waals surface area contributed by atoms with Crippen molar-refractivity contribution in [2.75, 3.05) is 13.1 Å². The number of carbonyl (C=O) groups excluding carboxylic acids is 2. The summed E-state index contributed by atoms with van der Waals surface area (Å²) in [6.07, 6.45) is 3.78. The topological polar surface area (TPSA) is 74.3 Å². The van der Waals surface area contributed by atoms with Crippen molar-refractivity contribution in [2.45, 2.75) is 31.8 Å². The zero-order chi connectivity index (χ0) is 17.4. The van der Waals surface area contributed by atoms with E-state index in [0.717, 1.165) is 43.4 Å². The number of para-hydroxylation sites is 1. The smallest absolute Gasteiger partial charge is 0.322 e. The van der Waals surface area contributed by atoms with Gasteiger partial charge in [-0.25, -0.2) is 4.79 Å². The van der Waals surface area contributed by atoms with Crippen molar-refractivity contribution in [3.8, 4) is 0 Å². The average molecular weight is 338 g/mol. The molecule has 2 atom stereocenters. The number of pyridine rings is 1. The zero-order valence-electron chi connectivity index (χ0n) is 14.3. The molecule has 4 rings (SSSR count). The minimum absolute atomic E-state index is 0.107. The summed E-state index contributed by atoms with van der Waals surface area (Å²) < 4.78 is 0. The lowest BCUT2D eigenvalue weighted by atomic mass is 9.80. The van der Waals surface area contributed by atoms with Crippen LogP contribution in [0, 0.1) is 5.92 Å². The van der Waals surface area contributed by atoms with Gasteiger partial charge in [-0.3, -0.25) is 20.0 Å². The van der Waals surface area contributed by atoms with E-state index in [1.54, 1.807) is 0 Å². The third-order valence-electron chi connectivity index (χ3n) is 5.50. The Bertz CT molecular complexity index is 832. The standard InChI is InChI=1S/C19H22N4O2/c1-19(17(24)21-18(25)22-19)15-8-4-10-23(12-15)11-14-6-2-5-13-7-3-9-20-16(13)14/h2-3,5-7,9,15H,4,8,10-12H2,1H3,(H2,21,22,24,25)/t15-,19+/m1/s1. The van der Waals surface area contributed by atoms with Crippen LogP contribution >= 0.6 is 0 Å². The summed E-state index contributed by atoms with van der Waals surface area (Å²) in [5.41, 5.74) is 1.42. The van der Waals surface area contributed by atoms with Gasteiger partial charge in [0.05, 0.1) is 5.52 Å². The Morgan fingerprint density at radius 3 is 2.92 bits per heavy atom. The van der Waals surface area contributed by atoms with Crippen molar-refractivity contribution in [3.63, 3.8) is 0 Å². The van der Waals surface area contributed by atoms with E-state index >= 15 is 0 Å². The normalized spacial score (nSPS) is 27.3. The van der Waals surface area contributed by atoms with Crippen LogP contribution in [0.1, 0.15) is 25.3 Å². The number of fused-ring (bicyclic) bond motifs is 1. The van der Waals surface area contributed by atoms with Gasteiger partial charge in [0.15, 0.2) is 0 Å². The molecule has 6 nitrogen and oxygen atoms in total. The van der Waals surface area contributed by atoms with Crippen LogP contribution < -0.4 is 10.6 Å². The molecule has 1 aromatic heterocycles. The quantitative estimate of drug-likeness (QED) is 0.840. The number of piperidine rings is 1. The van der Waals surface area contributed by atoms with E-state index in [-0.39, 0.29) is 17.9 Å². The second kappa shape index (κ2) is 6.11. The first-order valence-corrected chi connectivity index (χ1v) is 8.75. The molecule has 3 heterocycles. The summed E-state index contributed by atoms with van der Waals surface area (Å²) in [6, 6.07) is 9.89. The number of benzene rings is 1. The predicted octanol–water partition coefficient (Wildman–Crippen LogP) is 2.04. The Hall–Kier alpha value is -2.47. The molecule has 6 heteroatoms. The monoisotopic (exact) mass is 338 g/mol. The number of aromatic nitrogens is 1. The molecule has 2 aromatic rings. The molecule has 3 amide bonds. The van der Waals surface area contributed by atoms with Crippen LogP contribution in [-0.2, 0) is 11.3 Å². The fraction of sp³-hybridized carbons (Fsp3) is 0.421. The van der Waals surface area contributed by atoms with Gasteiger partial charge in [-0.15, -0.1) is 0 Å². The van der Waals surface area contributed by atoms with Crippen molar-refractivity contribution in [2.24, 2.45) is 5.92 Å². The van der Waals surface area contributed by atoms with Crippen LogP contribution in [0.15, 0.2) is 36.5 Å². The summed E-state index contributed by atoms with van der Waals surface area (Å²) in [4.78, 5) is 30.7. The maximum Gasteiger partial charge on any atom is 0.322 e. The van der Waals surface area contributed by atoms with Crippen LogP contribution in [-0.4, -0.2) is 40.5 Å². The van der Waals surface area contributed by atoms with Crippen molar-refractivity contribution < 1.29 is 9.59 Å². The molecule has 0 unspecified atom stereocenters. The molecule has 0 saturated carbocycles. The van der Waals surface area contributed by atoms with Crippen LogP contribution in [0.25, 0.3) is 10.9 Å². The van der Waals surface area contributed by atoms with E-state index in [1.807, 2.05) is 19.2 Å². The van der Waals surface area contributed by atoms with Gasteiger partial charge in [-0.1, -0.05) is 24.3 Å². The van der Waals surface area contributed by atoms with Crippen LogP contribution in [0.5, 0.6) is 0 Å². The van der Waals surface area contributed by atoms with Gasteiger partial charge >= 0.3 is 6.03 Å². The van der Waals surface area contributed by atoms with Crippen molar-refractivity contribution in [1.82, 2.24) is 20.5 Å². The molecule has 25 heavy (non-hydrogen) atoms. The van der Waals surface area contributed by atoms with E-state index in [1.165, 1.54) is 5.56 Å². The highest BCUT2D eigenvalue weighted by atomic mass is 16.2. The second-order valence-electron chi connectivity index (χ2n) is 7.18. The molecule has 2 aliphatic heterocycles. The Balaban J connectivity index is 1.54. The SMILES string of the molecule is C[C@@]1([C@@H]2CCCN(Cc3cccc4cccnc34)C2)NC(=O)NC1=O. The van der Waals surface area contributed by atoms with Gasteiger partial charge in [0, 0.05) is 30.6 Å². The molecule has 2 N–H and O–H groups in total. The minimum Gasteiger partial charge on any atom is -0.323 e. The number of imide groups is 1. The predicted molar refractivity (Wildman–Crippen MR) is 94.8 cm³/mol. The number of urea groups is 1. The molecule has 2 saturated heterocycles. The summed E-state index contributed by atoms with van der Waals surface area (Å²) >= 11 is 0. The average Bonchev–Trinajstić information content (AvgIpc) is 2.89. The van der Waals surface area contributed by atoms with E-state index in [9.17, 15) is 9.59 Å². The fourth-order valence-corrected chi connectivity index (χ4v) is 4.05. The highest BCUT2D eigenvalue weighted by Gasteiger charge is 2.48. The summed E-state index contributed by atoms with van der Waals surface area (Å²) in [5, 5.41) is 6.34. The molecule has 130 valence electrons. The molecule has 2 aliphatic rings. The summed E-state index contributed by atoms with van der Waals surface area (Å²) in [7, 11) is 0. The lowest BCUT2D eigenvalue weighted by molar-refractivity contribution is -0.126. The highest BCUT2D eigenvalue weighted by Crippen LogP contribution is 2.30.